The molecule has 9 heavy (non-hydrogen) atoms. The highest BCUT2D eigenvalue weighted by molar-refractivity contribution is 5.77. The van der Waals surface area contributed by atoms with E-state index in [1.807, 2.05) is 0 Å². The van der Waals surface area contributed by atoms with E-state index in [2.05, 4.69) is 0 Å². The number of hydrogen-bond donors (Lipinski definition) is 1. The molecule has 3 atom stereocenters. The van der Waals surface area contributed by atoms with Crippen molar-refractivity contribution in [2.75, 3.05) is 0 Å². The number of carbonyl (C=O) groups excluding carboxylic acids is 1. The van der Waals surface area contributed by atoms with Crippen LogP contribution >= 0.6 is 0 Å². The second-order valence-corrected chi connectivity index (χ2v) is 3.33. The van der Waals surface area contributed by atoms with Crippen molar-refractivity contribution >= 4 is 5.91 Å². The van der Waals surface area contributed by atoms with Crippen molar-refractivity contribution in [3.8, 4) is 0 Å². The molecule has 2 N–H and O–H groups in total. The van der Waals surface area contributed by atoms with Gasteiger partial charge in [-0.2, -0.15) is 0 Å². The first-order valence-corrected chi connectivity index (χ1v) is 3.56. The van der Waals surface area contributed by atoms with E-state index in [0.29, 0.717) is 0 Å². The van der Waals surface area contributed by atoms with Crippen molar-refractivity contribution < 1.29 is 4.79 Å². The Morgan fingerprint density at radius 1 is 1.22 bits per heavy atom. The molecule has 2 aliphatic carbocycles. The molecule has 2 fully saturated rings. The minimum atomic E-state index is -0.0813. The number of primary amides is 1. The Morgan fingerprint density at radius 2 is 1.78 bits per heavy atom. The van der Waals surface area contributed by atoms with Gasteiger partial charge in [-0.3, -0.25) is 4.79 Å². The van der Waals surface area contributed by atoms with Crippen LogP contribution in [-0.2, 0) is 4.79 Å². The van der Waals surface area contributed by atoms with Gasteiger partial charge in [0, 0.05) is 5.92 Å². The molecule has 2 rings (SSSR count). The lowest BCUT2D eigenvalue weighted by Gasteiger charge is -2.03. The number of hydrogen-bond acceptors (Lipinski definition) is 1. The van der Waals surface area contributed by atoms with Crippen molar-refractivity contribution in [1.82, 2.24) is 0 Å². The quantitative estimate of drug-likeness (QED) is 0.545. The number of nitrogens with two attached hydrogens (primary N) is 1. The minimum absolute atomic E-state index is 0.0813. The van der Waals surface area contributed by atoms with Gasteiger partial charge in [0.05, 0.1) is 0 Å². The van der Waals surface area contributed by atoms with Gasteiger partial charge in [-0.05, 0) is 31.1 Å². The predicted molar refractivity (Wildman–Crippen MR) is 33.5 cm³/mol. The van der Waals surface area contributed by atoms with Crippen molar-refractivity contribution in [2.24, 2.45) is 23.5 Å². The maximum Gasteiger partial charge on any atom is 0.220 e. The zero-order valence-corrected chi connectivity index (χ0v) is 5.34. The molecule has 0 aromatic carbocycles. The molecule has 0 aromatic rings. The summed E-state index contributed by atoms with van der Waals surface area (Å²) in [4.78, 5) is 10.6. The summed E-state index contributed by atoms with van der Waals surface area (Å²) in [5.74, 6) is 1.90. The molecule has 0 spiro atoms. The van der Waals surface area contributed by atoms with E-state index in [1.165, 1.54) is 6.42 Å². The molecule has 0 bridgehead atoms. The normalized spacial score (nSPS) is 46.4. The Balaban J connectivity index is 1.97. The fraction of sp³-hybridized carbons (Fsp3) is 0.857. The van der Waals surface area contributed by atoms with Crippen LogP contribution in [0.5, 0.6) is 0 Å². The highest BCUT2D eigenvalue weighted by Crippen LogP contribution is 2.54. The summed E-state index contributed by atoms with van der Waals surface area (Å²) < 4.78 is 0. The molecule has 0 unspecified atom stereocenters. The lowest BCUT2D eigenvalue weighted by molar-refractivity contribution is -0.121. The van der Waals surface area contributed by atoms with Crippen LogP contribution in [0.1, 0.15) is 19.3 Å². The molecule has 0 aliphatic heterocycles. The van der Waals surface area contributed by atoms with Crippen molar-refractivity contribution in [2.45, 2.75) is 19.3 Å². The molecule has 2 aliphatic rings. The number of rotatable bonds is 1. The summed E-state index contributed by atoms with van der Waals surface area (Å²) >= 11 is 0. The maximum absolute atomic E-state index is 10.6. The van der Waals surface area contributed by atoms with Crippen molar-refractivity contribution in [3.05, 3.63) is 0 Å². The first-order chi connectivity index (χ1) is 4.27. The Labute approximate surface area is 54.4 Å². The van der Waals surface area contributed by atoms with Gasteiger partial charge in [-0.1, -0.05) is 0 Å². The van der Waals surface area contributed by atoms with Crippen molar-refractivity contribution in [3.63, 3.8) is 0 Å². The number of fused-ring (bicyclic) bond motifs is 1. The first-order valence-electron chi connectivity index (χ1n) is 3.56. The van der Waals surface area contributed by atoms with Gasteiger partial charge >= 0.3 is 0 Å². The van der Waals surface area contributed by atoms with Crippen LogP contribution < -0.4 is 5.73 Å². The van der Waals surface area contributed by atoms with E-state index in [1.54, 1.807) is 0 Å². The van der Waals surface area contributed by atoms with Crippen LogP contribution in [0, 0.1) is 17.8 Å². The standard InChI is InChI=1S/C7H11NO/c8-7(9)6-2-4-1-5(4)3-6/h4-6H,1-3H2,(H2,8,9)/t4-,5+,6+. The van der Waals surface area contributed by atoms with Gasteiger partial charge in [-0.25, -0.2) is 0 Å². The highest BCUT2D eigenvalue weighted by atomic mass is 16.1. The van der Waals surface area contributed by atoms with Crippen LogP contribution in [-0.4, -0.2) is 5.91 Å². The summed E-state index contributed by atoms with van der Waals surface area (Å²) in [5, 5.41) is 0. The number of amides is 1. The van der Waals surface area contributed by atoms with E-state index >= 15 is 0 Å². The van der Waals surface area contributed by atoms with E-state index in [9.17, 15) is 4.79 Å². The fourth-order valence-electron chi connectivity index (χ4n) is 1.95. The van der Waals surface area contributed by atoms with Crippen LogP contribution in [0.4, 0.5) is 0 Å². The van der Waals surface area contributed by atoms with Gasteiger partial charge in [0.25, 0.3) is 0 Å². The smallest absolute Gasteiger partial charge is 0.220 e. The first kappa shape index (κ1) is 5.27. The van der Waals surface area contributed by atoms with Gasteiger partial charge in [0.15, 0.2) is 0 Å². The zero-order chi connectivity index (χ0) is 6.43. The van der Waals surface area contributed by atoms with Crippen LogP contribution in [0.3, 0.4) is 0 Å². The average Bonchev–Trinajstić information content (AvgIpc) is 2.40. The molecule has 1 amide bonds. The number of carbonyl (C=O) groups is 1. The van der Waals surface area contributed by atoms with E-state index in [-0.39, 0.29) is 11.8 Å². The molecule has 0 heterocycles. The minimum Gasteiger partial charge on any atom is -0.369 e. The zero-order valence-electron chi connectivity index (χ0n) is 5.34. The monoisotopic (exact) mass is 125 g/mol. The molecule has 2 nitrogen and oxygen atoms in total. The Bertz CT molecular complexity index is 145. The molecule has 0 saturated heterocycles. The van der Waals surface area contributed by atoms with Gasteiger partial charge in [0.2, 0.25) is 5.91 Å². The van der Waals surface area contributed by atoms with Crippen LogP contribution in [0.25, 0.3) is 0 Å². The topological polar surface area (TPSA) is 43.1 Å². The second kappa shape index (κ2) is 1.49. The Morgan fingerprint density at radius 3 is 2.11 bits per heavy atom. The molecular weight excluding hydrogens is 114 g/mol. The maximum atomic E-state index is 10.6. The summed E-state index contributed by atoms with van der Waals surface area (Å²) in [6, 6.07) is 0. The summed E-state index contributed by atoms with van der Waals surface area (Å²) in [5.41, 5.74) is 5.14. The summed E-state index contributed by atoms with van der Waals surface area (Å²) in [6.45, 7) is 0. The highest BCUT2D eigenvalue weighted by Gasteiger charge is 2.47. The molecule has 50 valence electrons. The Hall–Kier alpha value is -0.530. The van der Waals surface area contributed by atoms with E-state index < -0.39 is 0 Å². The van der Waals surface area contributed by atoms with Gasteiger partial charge < -0.3 is 5.73 Å². The second-order valence-electron chi connectivity index (χ2n) is 3.33. The molecular formula is C7H11NO. The largest absolute Gasteiger partial charge is 0.369 e. The van der Waals surface area contributed by atoms with E-state index in [0.717, 1.165) is 24.7 Å². The average molecular weight is 125 g/mol. The molecule has 0 aromatic heterocycles. The predicted octanol–water partition coefficient (Wildman–Crippen LogP) is 0.518. The third-order valence-electron chi connectivity index (χ3n) is 2.65. The molecule has 2 saturated carbocycles. The summed E-state index contributed by atoms with van der Waals surface area (Å²) in [7, 11) is 0. The Kier molecular flexibility index (Phi) is 0.875. The fourth-order valence-corrected chi connectivity index (χ4v) is 1.95. The van der Waals surface area contributed by atoms with Crippen LogP contribution in [0.2, 0.25) is 0 Å². The van der Waals surface area contributed by atoms with Crippen LogP contribution in [0.15, 0.2) is 0 Å². The van der Waals surface area contributed by atoms with Crippen molar-refractivity contribution in [1.29, 1.82) is 0 Å². The molecule has 2 heteroatoms. The third-order valence-corrected chi connectivity index (χ3v) is 2.65. The SMILES string of the molecule is NC(=O)[C@@H]1C[C@@H]2C[C@@H]2C1. The third kappa shape index (κ3) is 0.732. The van der Waals surface area contributed by atoms with Gasteiger partial charge in [0.1, 0.15) is 0 Å². The van der Waals surface area contributed by atoms with E-state index in [4.69, 9.17) is 5.73 Å². The lowest BCUT2D eigenvalue weighted by atomic mass is 10.0. The van der Waals surface area contributed by atoms with Gasteiger partial charge in [-0.15, -0.1) is 0 Å². The summed E-state index contributed by atoms with van der Waals surface area (Å²) in [6.07, 6.45) is 3.53. The molecule has 0 radical (unpaired) electrons. The lowest BCUT2D eigenvalue weighted by Crippen LogP contribution is -2.21.